The molecule has 2 aliphatic rings. The highest BCUT2D eigenvalue weighted by Gasteiger charge is 2.21. The van der Waals surface area contributed by atoms with Crippen molar-refractivity contribution in [3.63, 3.8) is 0 Å². The van der Waals surface area contributed by atoms with Crippen molar-refractivity contribution >= 4 is 22.7 Å². The smallest absolute Gasteiger partial charge is 0.141 e. The Bertz CT molecular complexity index is 924. The number of nitrogens with zero attached hydrogens (tertiary/aromatic N) is 3. The molecule has 1 fully saturated rings. The zero-order valence-corrected chi connectivity index (χ0v) is 12.9. The average molecular weight is 304 g/mol. The Labute approximate surface area is 136 Å². The van der Waals surface area contributed by atoms with Crippen LogP contribution in [0.25, 0.3) is 22.7 Å². The van der Waals surface area contributed by atoms with Crippen LogP contribution in [-0.2, 0) is 12.8 Å². The van der Waals surface area contributed by atoms with Crippen LogP contribution in [0.1, 0.15) is 43.2 Å². The maximum absolute atomic E-state index is 4.73. The van der Waals surface area contributed by atoms with Gasteiger partial charge in [0.1, 0.15) is 11.5 Å². The lowest BCUT2D eigenvalue weighted by Gasteiger charge is -2.24. The summed E-state index contributed by atoms with van der Waals surface area (Å²) in [4.78, 5) is 16.9. The van der Waals surface area contributed by atoms with Crippen molar-refractivity contribution in [2.45, 2.75) is 32.1 Å². The Morgan fingerprint density at radius 1 is 1.26 bits per heavy atom. The summed E-state index contributed by atoms with van der Waals surface area (Å²) in [6.07, 6.45) is 16.1. The lowest BCUT2D eigenvalue weighted by atomic mass is 9.83. The molecule has 0 aromatic carbocycles. The maximum atomic E-state index is 4.73. The molecule has 3 heterocycles. The van der Waals surface area contributed by atoms with E-state index in [1.165, 1.54) is 41.5 Å². The lowest BCUT2D eigenvalue weighted by molar-refractivity contribution is 0.309. The molecule has 1 saturated carbocycles. The van der Waals surface area contributed by atoms with Gasteiger partial charge in [-0.1, -0.05) is 19.3 Å². The van der Waals surface area contributed by atoms with Gasteiger partial charge in [-0.3, -0.25) is 4.98 Å². The van der Waals surface area contributed by atoms with Gasteiger partial charge in [-0.15, -0.1) is 0 Å². The highest BCUT2D eigenvalue weighted by atomic mass is 14.9. The topological polar surface area (TPSA) is 54.5 Å². The molecule has 0 bridgehead atoms. The normalized spacial score (nSPS) is 17.1. The van der Waals surface area contributed by atoms with Crippen molar-refractivity contribution in [1.29, 1.82) is 0 Å². The Kier molecular flexibility index (Phi) is 2.83. The van der Waals surface area contributed by atoms with Crippen LogP contribution in [0.15, 0.2) is 30.9 Å². The van der Waals surface area contributed by atoms with Crippen LogP contribution in [0.5, 0.6) is 0 Å². The van der Waals surface area contributed by atoms with Crippen LogP contribution in [0.2, 0.25) is 0 Å². The molecule has 0 aliphatic heterocycles. The SMILES string of the molecule is C1=C(c2c[nH]c3nc(CC4CCC4)ncc23)Cc2ccncc21.[HH]. The predicted molar refractivity (Wildman–Crippen MR) is 92.9 cm³/mol. The Morgan fingerprint density at radius 3 is 3.04 bits per heavy atom. The van der Waals surface area contributed by atoms with Gasteiger partial charge in [0.2, 0.25) is 0 Å². The van der Waals surface area contributed by atoms with Crippen LogP contribution < -0.4 is 0 Å². The van der Waals surface area contributed by atoms with Gasteiger partial charge < -0.3 is 4.98 Å². The van der Waals surface area contributed by atoms with Crippen LogP contribution in [0.3, 0.4) is 0 Å². The van der Waals surface area contributed by atoms with Crippen LogP contribution in [0, 0.1) is 5.92 Å². The van der Waals surface area contributed by atoms with E-state index in [0.717, 1.165) is 35.6 Å². The van der Waals surface area contributed by atoms with Crippen LogP contribution >= 0.6 is 0 Å². The van der Waals surface area contributed by atoms with E-state index in [4.69, 9.17) is 4.98 Å². The molecule has 116 valence electrons. The minimum Gasteiger partial charge on any atom is -0.345 e. The average Bonchev–Trinajstić information content (AvgIpc) is 3.13. The van der Waals surface area contributed by atoms with Crippen molar-refractivity contribution in [1.82, 2.24) is 19.9 Å². The number of rotatable bonds is 3. The molecule has 4 nitrogen and oxygen atoms in total. The minimum absolute atomic E-state index is 0. The zero-order valence-electron chi connectivity index (χ0n) is 12.9. The van der Waals surface area contributed by atoms with E-state index < -0.39 is 0 Å². The third kappa shape index (κ3) is 2.17. The zero-order chi connectivity index (χ0) is 15.2. The molecule has 3 aromatic rings. The number of aromatic nitrogens is 4. The highest BCUT2D eigenvalue weighted by Crippen LogP contribution is 2.34. The number of allylic oxidation sites excluding steroid dienone is 1. The molecule has 2 aliphatic carbocycles. The molecule has 0 saturated heterocycles. The van der Waals surface area contributed by atoms with Gasteiger partial charge in [-0.25, -0.2) is 9.97 Å². The van der Waals surface area contributed by atoms with Gasteiger partial charge >= 0.3 is 0 Å². The molecule has 0 radical (unpaired) electrons. The molecular weight excluding hydrogens is 284 g/mol. The van der Waals surface area contributed by atoms with Crippen molar-refractivity contribution in [2.75, 3.05) is 0 Å². The molecule has 0 atom stereocenters. The third-order valence-corrected chi connectivity index (χ3v) is 5.18. The number of H-pyrrole nitrogens is 1. The number of aromatic amines is 1. The van der Waals surface area contributed by atoms with Crippen molar-refractivity contribution in [3.05, 3.63) is 53.4 Å². The van der Waals surface area contributed by atoms with Crippen molar-refractivity contribution < 1.29 is 1.43 Å². The van der Waals surface area contributed by atoms with Crippen LogP contribution in [0.4, 0.5) is 0 Å². The second-order valence-corrected chi connectivity index (χ2v) is 6.67. The Hall–Kier alpha value is -2.49. The van der Waals surface area contributed by atoms with Gasteiger partial charge in [0, 0.05) is 43.6 Å². The lowest BCUT2D eigenvalue weighted by Crippen LogP contribution is -2.15. The number of nitrogens with one attached hydrogen (secondary N) is 1. The summed E-state index contributed by atoms with van der Waals surface area (Å²) in [5, 5.41) is 1.12. The first-order valence-corrected chi connectivity index (χ1v) is 8.33. The molecule has 3 aromatic heterocycles. The quantitative estimate of drug-likeness (QED) is 0.794. The summed E-state index contributed by atoms with van der Waals surface area (Å²) in [6, 6.07) is 2.10. The van der Waals surface area contributed by atoms with Gasteiger partial charge in [-0.2, -0.15) is 0 Å². The first-order chi connectivity index (χ1) is 11.4. The van der Waals surface area contributed by atoms with E-state index in [0.29, 0.717) is 0 Å². The Balaban J connectivity index is 0.00000146. The number of fused-ring (bicyclic) bond motifs is 2. The number of hydrogen-bond donors (Lipinski definition) is 1. The molecule has 0 spiro atoms. The predicted octanol–water partition coefficient (Wildman–Crippen LogP) is 4.04. The summed E-state index contributed by atoms with van der Waals surface area (Å²) < 4.78 is 0. The van der Waals surface area contributed by atoms with Crippen LogP contribution in [-0.4, -0.2) is 19.9 Å². The summed E-state index contributed by atoms with van der Waals surface area (Å²) >= 11 is 0. The number of pyridine rings is 1. The standard InChI is InChI=1S/C19H18N4.H2/c1-2-12(3-1)6-18-21-11-17-16(10-22-19(17)23-18)14-7-13-4-5-20-9-15(13)8-14;/h4-5,8-12H,1-3,6-7H2,(H,21,22,23);1H. The second kappa shape index (κ2) is 5.01. The third-order valence-electron chi connectivity index (χ3n) is 5.18. The van der Waals surface area contributed by atoms with Gasteiger partial charge in [0.25, 0.3) is 0 Å². The van der Waals surface area contributed by atoms with E-state index >= 15 is 0 Å². The van der Waals surface area contributed by atoms with Gasteiger partial charge in [0.15, 0.2) is 0 Å². The summed E-state index contributed by atoms with van der Waals surface area (Å²) in [5.74, 6) is 1.77. The van der Waals surface area contributed by atoms with E-state index in [1.54, 1.807) is 0 Å². The fourth-order valence-corrected chi connectivity index (χ4v) is 3.61. The summed E-state index contributed by atoms with van der Waals surface area (Å²) in [6.45, 7) is 0. The van der Waals surface area contributed by atoms with Crippen molar-refractivity contribution in [3.8, 4) is 0 Å². The molecule has 0 amide bonds. The summed E-state index contributed by atoms with van der Waals surface area (Å²) in [7, 11) is 0. The molecule has 23 heavy (non-hydrogen) atoms. The van der Waals surface area contributed by atoms with Crippen molar-refractivity contribution in [2.24, 2.45) is 5.92 Å². The largest absolute Gasteiger partial charge is 0.345 e. The molecule has 0 unspecified atom stereocenters. The fraction of sp³-hybridized carbons (Fsp3) is 0.316. The second-order valence-electron chi connectivity index (χ2n) is 6.67. The minimum atomic E-state index is 0. The molecular formula is C19H20N4. The number of hydrogen-bond acceptors (Lipinski definition) is 3. The van der Waals surface area contributed by atoms with Gasteiger partial charge in [-0.05, 0) is 41.2 Å². The first-order valence-electron chi connectivity index (χ1n) is 8.33. The van der Waals surface area contributed by atoms with E-state index in [-0.39, 0.29) is 1.43 Å². The highest BCUT2D eigenvalue weighted by molar-refractivity contribution is 5.98. The monoisotopic (exact) mass is 304 g/mol. The molecule has 4 heteroatoms. The fourth-order valence-electron chi connectivity index (χ4n) is 3.61. The van der Waals surface area contributed by atoms with Gasteiger partial charge in [0.05, 0.1) is 0 Å². The van der Waals surface area contributed by atoms with E-state index in [2.05, 4.69) is 33.3 Å². The van der Waals surface area contributed by atoms with E-state index in [9.17, 15) is 0 Å². The first kappa shape index (κ1) is 13.0. The maximum Gasteiger partial charge on any atom is 0.141 e. The summed E-state index contributed by atoms with van der Waals surface area (Å²) in [5.41, 5.74) is 6.05. The van der Waals surface area contributed by atoms with E-state index in [1.807, 2.05) is 18.6 Å². The molecule has 1 N–H and O–H groups in total. The molecule has 5 rings (SSSR count). The Morgan fingerprint density at radius 2 is 2.22 bits per heavy atom.